The van der Waals surface area contributed by atoms with Gasteiger partial charge in [-0.05, 0) is 36.4 Å². The van der Waals surface area contributed by atoms with E-state index in [1.165, 1.54) is 0 Å². The Morgan fingerprint density at radius 3 is 2.50 bits per heavy atom. The Kier molecular flexibility index (Phi) is 2.87. The molecule has 0 aliphatic heterocycles. The van der Waals surface area contributed by atoms with Crippen molar-refractivity contribution in [1.29, 1.82) is 0 Å². The molecule has 0 bridgehead atoms. The lowest BCUT2D eigenvalue weighted by Crippen LogP contribution is -2.00. The summed E-state index contributed by atoms with van der Waals surface area (Å²) in [6.45, 7) is 0. The number of aromatic carboxylic acids is 1. The van der Waals surface area contributed by atoms with Crippen molar-refractivity contribution in [1.82, 2.24) is 9.55 Å². The topological polar surface area (TPSA) is 67.2 Å². The predicted molar refractivity (Wildman–Crippen MR) is 77.4 cm³/mol. The highest BCUT2D eigenvalue weighted by molar-refractivity contribution is 5.88. The number of carboxylic acids is 1. The van der Waals surface area contributed by atoms with E-state index in [2.05, 4.69) is 10.3 Å². The first kappa shape index (κ1) is 12.2. The van der Waals surface area contributed by atoms with E-state index in [1.807, 2.05) is 35.9 Å². The van der Waals surface area contributed by atoms with Crippen molar-refractivity contribution in [2.24, 2.45) is 7.05 Å². The van der Waals surface area contributed by atoms with Gasteiger partial charge in [0.05, 0.1) is 16.6 Å². The summed E-state index contributed by atoms with van der Waals surface area (Å²) in [6.07, 6.45) is 0. The molecule has 0 atom stereocenters. The number of nitrogens with one attached hydrogen (secondary N) is 1. The van der Waals surface area contributed by atoms with Crippen LogP contribution < -0.4 is 5.32 Å². The molecule has 0 fully saturated rings. The molecule has 0 radical (unpaired) electrons. The first-order valence-corrected chi connectivity index (χ1v) is 6.17. The number of carboxylic acid groups (broad SMARTS) is 1. The van der Waals surface area contributed by atoms with Gasteiger partial charge in [-0.25, -0.2) is 9.78 Å². The third-order valence-corrected chi connectivity index (χ3v) is 3.18. The molecular weight excluding hydrogens is 254 g/mol. The molecule has 5 nitrogen and oxygen atoms in total. The van der Waals surface area contributed by atoms with E-state index >= 15 is 0 Å². The molecule has 0 aliphatic rings. The van der Waals surface area contributed by atoms with Crippen LogP contribution in [0.2, 0.25) is 0 Å². The fourth-order valence-corrected chi connectivity index (χ4v) is 2.08. The number of hydrogen-bond donors (Lipinski definition) is 2. The van der Waals surface area contributed by atoms with Crippen LogP contribution in [0.1, 0.15) is 10.4 Å². The normalized spacial score (nSPS) is 10.7. The number of hydrogen-bond acceptors (Lipinski definition) is 3. The number of anilines is 2. The van der Waals surface area contributed by atoms with Crippen LogP contribution in [0.3, 0.4) is 0 Å². The van der Waals surface area contributed by atoms with Crippen LogP contribution in [0, 0.1) is 0 Å². The van der Waals surface area contributed by atoms with Gasteiger partial charge in [-0.3, -0.25) is 0 Å². The summed E-state index contributed by atoms with van der Waals surface area (Å²) in [7, 11) is 1.93. The molecule has 0 unspecified atom stereocenters. The summed E-state index contributed by atoms with van der Waals surface area (Å²) >= 11 is 0. The van der Waals surface area contributed by atoms with Gasteiger partial charge in [-0.2, -0.15) is 0 Å². The lowest BCUT2D eigenvalue weighted by Gasteiger charge is -2.06. The second kappa shape index (κ2) is 4.70. The monoisotopic (exact) mass is 267 g/mol. The van der Waals surface area contributed by atoms with Gasteiger partial charge in [-0.15, -0.1) is 0 Å². The fourth-order valence-electron chi connectivity index (χ4n) is 2.08. The molecule has 1 aromatic heterocycles. The first-order valence-electron chi connectivity index (χ1n) is 6.17. The minimum absolute atomic E-state index is 0.264. The Balaban J connectivity index is 1.92. The number of imidazole rings is 1. The summed E-state index contributed by atoms with van der Waals surface area (Å²) < 4.78 is 1.96. The summed E-state index contributed by atoms with van der Waals surface area (Å²) in [4.78, 5) is 15.3. The highest BCUT2D eigenvalue weighted by Crippen LogP contribution is 2.21. The molecule has 2 aromatic carbocycles. The molecule has 5 heteroatoms. The molecule has 0 saturated carbocycles. The Labute approximate surface area is 115 Å². The van der Waals surface area contributed by atoms with Crippen LogP contribution in [0.4, 0.5) is 11.6 Å². The van der Waals surface area contributed by atoms with Gasteiger partial charge < -0.3 is 15.0 Å². The Hall–Kier alpha value is -2.82. The SMILES string of the molecule is Cn1c(Nc2ccc(C(=O)O)cc2)nc2ccccc21. The van der Waals surface area contributed by atoms with Crippen LogP contribution >= 0.6 is 0 Å². The van der Waals surface area contributed by atoms with Gasteiger partial charge in [0.15, 0.2) is 0 Å². The molecular formula is C15H13N3O2. The quantitative estimate of drug-likeness (QED) is 0.765. The zero-order valence-corrected chi connectivity index (χ0v) is 10.9. The zero-order valence-electron chi connectivity index (χ0n) is 10.9. The minimum atomic E-state index is -0.931. The maximum Gasteiger partial charge on any atom is 0.335 e. The number of fused-ring (bicyclic) bond motifs is 1. The van der Waals surface area contributed by atoms with E-state index in [4.69, 9.17) is 5.11 Å². The van der Waals surface area contributed by atoms with Crippen molar-refractivity contribution in [2.75, 3.05) is 5.32 Å². The van der Waals surface area contributed by atoms with Gasteiger partial charge in [-0.1, -0.05) is 12.1 Å². The highest BCUT2D eigenvalue weighted by atomic mass is 16.4. The highest BCUT2D eigenvalue weighted by Gasteiger charge is 2.07. The Morgan fingerprint density at radius 2 is 1.85 bits per heavy atom. The van der Waals surface area contributed by atoms with Gasteiger partial charge in [0.2, 0.25) is 5.95 Å². The van der Waals surface area contributed by atoms with Crippen molar-refractivity contribution in [3.63, 3.8) is 0 Å². The van der Waals surface area contributed by atoms with Gasteiger partial charge >= 0.3 is 5.97 Å². The van der Waals surface area contributed by atoms with Crippen LogP contribution in [-0.2, 0) is 7.05 Å². The van der Waals surface area contributed by atoms with E-state index in [0.717, 1.165) is 16.7 Å². The number of benzene rings is 2. The smallest absolute Gasteiger partial charge is 0.335 e. The molecule has 20 heavy (non-hydrogen) atoms. The Morgan fingerprint density at radius 1 is 1.15 bits per heavy atom. The van der Waals surface area contributed by atoms with E-state index in [1.54, 1.807) is 24.3 Å². The van der Waals surface area contributed by atoms with Crippen molar-refractivity contribution in [3.8, 4) is 0 Å². The molecule has 1 heterocycles. The summed E-state index contributed by atoms with van der Waals surface area (Å²) in [5, 5.41) is 12.1. The average Bonchev–Trinajstić information content (AvgIpc) is 2.77. The van der Waals surface area contributed by atoms with Crippen molar-refractivity contribution in [2.45, 2.75) is 0 Å². The number of rotatable bonds is 3. The van der Waals surface area contributed by atoms with Crippen LogP contribution in [0.5, 0.6) is 0 Å². The zero-order chi connectivity index (χ0) is 14.1. The summed E-state index contributed by atoms with van der Waals surface area (Å²) in [5.74, 6) is -0.214. The van der Waals surface area contributed by atoms with Gasteiger partial charge in [0, 0.05) is 12.7 Å². The molecule has 3 aromatic rings. The molecule has 0 amide bonds. The largest absolute Gasteiger partial charge is 0.478 e. The van der Waals surface area contributed by atoms with Crippen molar-refractivity contribution >= 4 is 28.6 Å². The molecule has 0 saturated heterocycles. The van der Waals surface area contributed by atoms with E-state index in [0.29, 0.717) is 5.95 Å². The van der Waals surface area contributed by atoms with Crippen molar-refractivity contribution < 1.29 is 9.90 Å². The molecule has 3 rings (SSSR count). The number of carbonyl (C=O) groups is 1. The average molecular weight is 267 g/mol. The minimum Gasteiger partial charge on any atom is -0.478 e. The third-order valence-electron chi connectivity index (χ3n) is 3.18. The van der Waals surface area contributed by atoms with Crippen LogP contribution in [-0.4, -0.2) is 20.6 Å². The number of para-hydroxylation sites is 2. The molecule has 0 spiro atoms. The standard InChI is InChI=1S/C15H13N3O2/c1-18-13-5-3-2-4-12(13)17-15(18)16-11-8-6-10(7-9-11)14(19)20/h2-9H,1H3,(H,16,17)(H,19,20). The number of aromatic nitrogens is 2. The fraction of sp³-hybridized carbons (Fsp3) is 0.0667. The van der Waals surface area contributed by atoms with Crippen LogP contribution in [0.25, 0.3) is 11.0 Å². The third kappa shape index (κ3) is 2.09. The lowest BCUT2D eigenvalue weighted by molar-refractivity contribution is 0.0697. The van der Waals surface area contributed by atoms with Crippen molar-refractivity contribution in [3.05, 3.63) is 54.1 Å². The van der Waals surface area contributed by atoms with E-state index in [9.17, 15) is 4.79 Å². The van der Waals surface area contributed by atoms with Crippen LogP contribution in [0.15, 0.2) is 48.5 Å². The van der Waals surface area contributed by atoms with Gasteiger partial charge in [0.1, 0.15) is 0 Å². The first-order chi connectivity index (χ1) is 9.65. The Bertz CT molecular complexity index is 775. The maximum atomic E-state index is 10.8. The number of nitrogens with zero attached hydrogens (tertiary/aromatic N) is 2. The lowest BCUT2D eigenvalue weighted by atomic mass is 10.2. The predicted octanol–water partition coefficient (Wildman–Crippen LogP) is 3.02. The molecule has 100 valence electrons. The molecule has 2 N–H and O–H groups in total. The second-order valence-electron chi connectivity index (χ2n) is 4.49. The van der Waals surface area contributed by atoms with E-state index in [-0.39, 0.29) is 5.56 Å². The second-order valence-corrected chi connectivity index (χ2v) is 4.49. The summed E-state index contributed by atoms with van der Waals surface area (Å²) in [6, 6.07) is 14.4. The van der Waals surface area contributed by atoms with E-state index < -0.39 is 5.97 Å². The summed E-state index contributed by atoms with van der Waals surface area (Å²) in [5.41, 5.74) is 3.02. The molecule has 0 aliphatic carbocycles. The maximum absolute atomic E-state index is 10.8. The van der Waals surface area contributed by atoms with Gasteiger partial charge in [0.25, 0.3) is 0 Å². The number of aryl methyl sites for hydroxylation is 1.